The second-order valence-corrected chi connectivity index (χ2v) is 10.7. The monoisotopic (exact) mass is 519 g/mol. The summed E-state index contributed by atoms with van der Waals surface area (Å²) >= 11 is 0. The molecule has 1 aromatic carbocycles. The molecule has 34 heavy (non-hydrogen) atoms. The molecule has 0 atom stereocenters. The molecule has 15 heteroatoms. The Hall–Kier alpha value is -2.64. The Morgan fingerprint density at radius 1 is 1.12 bits per heavy atom. The molecular weight excluding hydrogens is 489 g/mol. The van der Waals surface area contributed by atoms with Crippen LogP contribution in [0.3, 0.4) is 0 Å². The third-order valence-electron chi connectivity index (χ3n) is 4.41. The van der Waals surface area contributed by atoms with Crippen molar-refractivity contribution in [2.45, 2.75) is 44.7 Å². The van der Waals surface area contributed by atoms with Crippen LogP contribution < -0.4 is 5.32 Å². The molecule has 1 aromatic heterocycles. The van der Waals surface area contributed by atoms with Crippen molar-refractivity contribution in [3.8, 4) is 0 Å². The van der Waals surface area contributed by atoms with E-state index >= 15 is 0 Å². The number of benzene rings is 1. The number of carbonyl (C=O) groups excluding carboxylic acids is 1. The lowest BCUT2D eigenvalue weighted by Gasteiger charge is -2.17. The van der Waals surface area contributed by atoms with E-state index in [9.17, 15) is 22.6 Å². The van der Waals surface area contributed by atoms with Crippen LogP contribution in [0.1, 0.15) is 30.5 Å². The molecule has 0 unspecified atom stereocenters. The predicted molar refractivity (Wildman–Crippen MR) is 122 cm³/mol. The van der Waals surface area contributed by atoms with Gasteiger partial charge in [0, 0.05) is 13.1 Å². The van der Waals surface area contributed by atoms with Crippen molar-refractivity contribution >= 4 is 29.4 Å². The van der Waals surface area contributed by atoms with Gasteiger partial charge in [0.05, 0.1) is 17.7 Å². The average Bonchev–Trinajstić information content (AvgIpc) is 3.18. The molecule has 2 aromatic rings. The highest BCUT2D eigenvalue weighted by atomic mass is 32.2. The number of carboxylic acids is 1. The summed E-state index contributed by atoms with van der Waals surface area (Å²) < 4.78 is 36.8. The van der Waals surface area contributed by atoms with E-state index in [2.05, 4.69) is 15.4 Å². The minimum atomic E-state index is -4.10. The smallest absolute Gasteiger partial charge is 0.346 e. The number of hydrogen-bond donors (Lipinski definition) is 4. The van der Waals surface area contributed by atoms with Crippen molar-refractivity contribution in [3.63, 3.8) is 0 Å². The molecule has 0 saturated heterocycles. The summed E-state index contributed by atoms with van der Waals surface area (Å²) in [5.41, 5.74) is 2.26. The number of carboxylic acid groups (broad SMARTS) is 1. The first-order chi connectivity index (χ1) is 15.6. The van der Waals surface area contributed by atoms with Gasteiger partial charge in [-0.3, -0.25) is 14.7 Å². The minimum Gasteiger partial charge on any atom is -0.480 e. The van der Waals surface area contributed by atoms with Gasteiger partial charge in [-0.25, -0.2) is 18.2 Å². The zero-order valence-electron chi connectivity index (χ0n) is 19.6. The number of rotatable bonds is 8. The van der Waals surface area contributed by atoms with Crippen LogP contribution in [0.25, 0.3) is 0 Å². The second-order valence-electron chi connectivity index (χ2n) is 7.30. The summed E-state index contributed by atoms with van der Waals surface area (Å²) in [6.07, 6.45) is 0.547. The van der Waals surface area contributed by atoms with Crippen LogP contribution in [-0.2, 0) is 19.2 Å². The number of aliphatic carboxylic acids is 1. The minimum absolute atomic E-state index is 0.195. The summed E-state index contributed by atoms with van der Waals surface area (Å²) in [4.78, 5) is 44.0. The van der Waals surface area contributed by atoms with E-state index in [1.165, 1.54) is 4.90 Å². The van der Waals surface area contributed by atoms with E-state index < -0.39 is 42.3 Å². The Bertz CT molecular complexity index is 1150. The average molecular weight is 520 g/mol. The molecule has 0 spiro atoms. The number of aryl methyl sites for hydroxylation is 3. The third-order valence-corrected chi connectivity index (χ3v) is 6.89. The Morgan fingerprint density at radius 2 is 1.65 bits per heavy atom. The fourth-order valence-corrected chi connectivity index (χ4v) is 5.03. The maximum atomic E-state index is 12.9. The molecule has 0 aliphatic rings. The van der Waals surface area contributed by atoms with Gasteiger partial charge in [-0.2, -0.15) is 4.68 Å². The van der Waals surface area contributed by atoms with Gasteiger partial charge in [0.1, 0.15) is 6.33 Å². The molecule has 0 aliphatic carbocycles. The van der Waals surface area contributed by atoms with Crippen LogP contribution in [0.15, 0.2) is 28.5 Å². The van der Waals surface area contributed by atoms with E-state index in [4.69, 9.17) is 14.9 Å². The van der Waals surface area contributed by atoms with Gasteiger partial charge in [0.2, 0.25) is 9.84 Å². The van der Waals surface area contributed by atoms with Crippen LogP contribution in [0, 0.1) is 20.8 Å². The number of aromatic nitrogens is 3. The van der Waals surface area contributed by atoms with E-state index in [0.29, 0.717) is 24.2 Å². The van der Waals surface area contributed by atoms with E-state index in [-0.39, 0.29) is 10.1 Å². The quantitative estimate of drug-likeness (QED) is 0.366. The van der Waals surface area contributed by atoms with Crippen molar-refractivity contribution < 1.29 is 37.5 Å². The first-order valence-electron chi connectivity index (χ1n) is 10.1. The zero-order chi connectivity index (χ0) is 26.3. The highest BCUT2D eigenvalue weighted by Crippen LogP contribution is 2.31. The topological polar surface area (TPSA) is 192 Å². The van der Waals surface area contributed by atoms with Gasteiger partial charge in [0.15, 0.2) is 0 Å². The molecule has 1 heterocycles. The number of carbonyl (C=O) groups is 2. The largest absolute Gasteiger partial charge is 0.480 e. The molecule has 0 fully saturated rings. The lowest BCUT2D eigenvalue weighted by Crippen LogP contribution is -2.34. The second kappa shape index (κ2) is 12.2. The fraction of sp³-hybridized carbons (Fsp3) is 0.474. The highest BCUT2D eigenvalue weighted by molar-refractivity contribution is 7.91. The van der Waals surface area contributed by atoms with Gasteiger partial charge in [-0.15, -0.1) is 5.10 Å². The lowest BCUT2D eigenvalue weighted by molar-refractivity contribution is -0.135. The van der Waals surface area contributed by atoms with E-state index in [1.807, 2.05) is 20.8 Å². The Morgan fingerprint density at radius 3 is 2.09 bits per heavy atom. The standard InChI is InChI=1S/C16H22N4O3S.C3H8NO5P/c1-6-19(7-2)16(21)20-10-17-15(18-20)24(22,23)14-12(4)8-11(3)9-13(14)5;5-3(6)1-4-2-10(7,8)9/h8-10H,6-7H2,1-5H3;4H,1-2H2,(H,5,6)(H2,7,8,9). The SMILES string of the molecule is CCN(CC)C(=O)n1cnc(S(=O)(=O)c2c(C)cc(C)cc2C)n1.O=C(O)CNCP(=O)(O)O. The first-order valence-corrected chi connectivity index (χ1v) is 13.4. The van der Waals surface area contributed by atoms with Crippen LogP contribution in [0.5, 0.6) is 0 Å². The van der Waals surface area contributed by atoms with Gasteiger partial charge in [-0.1, -0.05) is 17.7 Å². The summed E-state index contributed by atoms with van der Waals surface area (Å²) in [7, 11) is -7.98. The third kappa shape index (κ3) is 8.29. The predicted octanol–water partition coefficient (Wildman–Crippen LogP) is 1.14. The molecule has 13 nitrogen and oxygen atoms in total. The van der Waals surface area contributed by atoms with Crippen molar-refractivity contribution in [2.24, 2.45) is 0 Å². The maximum absolute atomic E-state index is 12.9. The molecule has 4 N–H and O–H groups in total. The molecule has 0 saturated carbocycles. The molecule has 0 bridgehead atoms. The molecule has 2 rings (SSSR count). The summed E-state index contributed by atoms with van der Waals surface area (Å²) in [5, 5.41) is 13.6. The maximum Gasteiger partial charge on any atom is 0.346 e. The van der Waals surface area contributed by atoms with Crippen molar-refractivity contribution in [2.75, 3.05) is 25.9 Å². The van der Waals surface area contributed by atoms with Gasteiger partial charge < -0.3 is 19.8 Å². The van der Waals surface area contributed by atoms with Crippen molar-refractivity contribution in [1.82, 2.24) is 25.0 Å². The molecule has 0 radical (unpaired) electrons. The van der Waals surface area contributed by atoms with Crippen LogP contribution in [0.2, 0.25) is 0 Å². The number of amides is 1. The summed E-state index contributed by atoms with van der Waals surface area (Å²) in [5.74, 6) is -1.14. The molecular formula is C19H30N5O8PS. The number of sulfone groups is 1. The van der Waals surface area contributed by atoms with E-state index in [1.54, 1.807) is 26.0 Å². The molecule has 1 amide bonds. The Kier molecular flexibility index (Phi) is 10.5. The lowest BCUT2D eigenvalue weighted by atomic mass is 10.1. The molecule has 190 valence electrons. The van der Waals surface area contributed by atoms with Crippen LogP contribution >= 0.6 is 7.60 Å². The van der Waals surface area contributed by atoms with Gasteiger partial charge >= 0.3 is 19.6 Å². The molecule has 0 aliphatic heterocycles. The number of hydrogen-bond acceptors (Lipinski definition) is 8. The van der Waals surface area contributed by atoms with Crippen LogP contribution in [-0.4, -0.2) is 80.9 Å². The van der Waals surface area contributed by atoms with Crippen LogP contribution in [0.4, 0.5) is 4.79 Å². The number of nitrogens with one attached hydrogen (secondary N) is 1. The van der Waals surface area contributed by atoms with Gasteiger partial charge in [-0.05, 0) is 45.7 Å². The normalized spacial score (nSPS) is 11.5. The number of nitrogens with zero attached hydrogens (tertiary/aromatic N) is 4. The summed E-state index contributed by atoms with van der Waals surface area (Å²) in [6, 6.07) is 3.21. The van der Waals surface area contributed by atoms with Gasteiger partial charge in [0.25, 0.3) is 5.16 Å². The highest BCUT2D eigenvalue weighted by Gasteiger charge is 2.28. The Balaban J connectivity index is 0.000000489. The van der Waals surface area contributed by atoms with Crippen molar-refractivity contribution in [3.05, 3.63) is 35.2 Å². The zero-order valence-corrected chi connectivity index (χ0v) is 21.3. The van der Waals surface area contributed by atoms with E-state index in [0.717, 1.165) is 16.6 Å². The fourth-order valence-electron chi connectivity index (χ4n) is 3.09. The summed E-state index contributed by atoms with van der Waals surface area (Å²) in [6.45, 7) is 9.65. The first kappa shape index (κ1) is 29.4. The Labute approximate surface area is 197 Å². The van der Waals surface area contributed by atoms with Crippen molar-refractivity contribution in [1.29, 1.82) is 0 Å².